The van der Waals surface area contributed by atoms with Crippen molar-refractivity contribution in [3.8, 4) is 11.5 Å². The van der Waals surface area contributed by atoms with Crippen molar-refractivity contribution in [3.05, 3.63) is 78.9 Å². The molecule has 3 rings (SSSR count). The highest BCUT2D eigenvalue weighted by atomic mass is 32.2. The molecule has 192 valence electrons. The largest absolute Gasteiger partial charge is 0.457 e. The lowest BCUT2D eigenvalue weighted by molar-refractivity contribution is -0.114. The quantitative estimate of drug-likeness (QED) is 0.401. The Bertz CT molecular complexity index is 1370. The van der Waals surface area contributed by atoms with Crippen LogP contribution in [0.2, 0.25) is 0 Å². The Morgan fingerprint density at radius 1 is 0.806 bits per heavy atom. The fourth-order valence-corrected chi connectivity index (χ4v) is 5.77. The van der Waals surface area contributed by atoms with Gasteiger partial charge in [0.05, 0.1) is 16.8 Å². The third kappa shape index (κ3) is 6.84. The summed E-state index contributed by atoms with van der Waals surface area (Å²) in [7, 11) is -7.39. The van der Waals surface area contributed by atoms with Crippen LogP contribution in [0.3, 0.4) is 0 Å². The molecule has 0 bridgehead atoms. The van der Waals surface area contributed by atoms with E-state index in [1.165, 1.54) is 28.6 Å². The van der Waals surface area contributed by atoms with Gasteiger partial charge in [0.15, 0.2) is 0 Å². The number of nitrogens with one attached hydrogen (secondary N) is 1. The summed E-state index contributed by atoms with van der Waals surface area (Å²) < 4.78 is 58.1. The molecular weight excluding hydrogens is 502 g/mol. The van der Waals surface area contributed by atoms with E-state index in [4.69, 9.17) is 4.74 Å². The third-order valence-electron chi connectivity index (χ3n) is 5.27. The molecule has 0 aliphatic rings. The number of rotatable bonds is 11. The van der Waals surface area contributed by atoms with Crippen LogP contribution in [0.25, 0.3) is 0 Å². The lowest BCUT2D eigenvalue weighted by Gasteiger charge is -2.22. The molecule has 11 heteroatoms. The molecule has 0 spiro atoms. The number of hydrogen-bond acceptors (Lipinski definition) is 6. The van der Waals surface area contributed by atoms with Gasteiger partial charge in [0, 0.05) is 18.8 Å². The first kappa shape index (κ1) is 27.2. The number of carbonyl (C=O) groups excluding carboxylic acids is 1. The maximum Gasteiger partial charge on any atom is 0.245 e. The molecule has 36 heavy (non-hydrogen) atoms. The first-order valence-electron chi connectivity index (χ1n) is 11.3. The van der Waals surface area contributed by atoms with Crippen LogP contribution in [0.1, 0.15) is 13.8 Å². The summed E-state index contributed by atoms with van der Waals surface area (Å²) in [6.07, 6.45) is 1.02. The van der Waals surface area contributed by atoms with Crippen LogP contribution >= 0.6 is 0 Å². The standard InChI is InChI=1S/C25H29N3O6S2/c1-4-27(5-2)36(32,33)24-17-11-20(12-18-24)26-25(29)19-28(35(3,30)31)21-13-15-23(16-14-21)34-22-9-7-6-8-10-22/h6-18H,4-5,19H2,1-3H3,(H,26,29). The summed E-state index contributed by atoms with van der Waals surface area (Å²) in [5.74, 6) is 0.576. The highest BCUT2D eigenvalue weighted by Crippen LogP contribution is 2.26. The topological polar surface area (TPSA) is 113 Å². The molecule has 0 aromatic heterocycles. The molecule has 3 aromatic carbocycles. The zero-order chi connectivity index (χ0) is 26.3. The molecule has 0 aliphatic heterocycles. The SMILES string of the molecule is CCN(CC)S(=O)(=O)c1ccc(NC(=O)CN(c2ccc(Oc3ccccc3)cc2)S(C)(=O)=O)cc1. The van der Waals surface area contributed by atoms with Crippen LogP contribution in [0.15, 0.2) is 83.8 Å². The van der Waals surface area contributed by atoms with Gasteiger partial charge in [-0.15, -0.1) is 0 Å². The predicted molar refractivity (Wildman–Crippen MR) is 140 cm³/mol. The Labute approximate surface area is 212 Å². The molecule has 0 saturated carbocycles. The van der Waals surface area contributed by atoms with Crippen LogP contribution in [0.5, 0.6) is 11.5 Å². The molecule has 1 N–H and O–H groups in total. The van der Waals surface area contributed by atoms with E-state index >= 15 is 0 Å². The number of sulfonamides is 2. The van der Waals surface area contributed by atoms with Crippen LogP contribution < -0.4 is 14.4 Å². The average Bonchev–Trinajstić information content (AvgIpc) is 2.84. The molecule has 0 unspecified atom stereocenters. The van der Waals surface area contributed by atoms with Crippen molar-refractivity contribution in [2.75, 3.05) is 35.5 Å². The number of carbonyl (C=O) groups is 1. The maximum absolute atomic E-state index is 12.7. The van der Waals surface area contributed by atoms with Gasteiger partial charge < -0.3 is 10.1 Å². The molecule has 0 radical (unpaired) electrons. The van der Waals surface area contributed by atoms with Gasteiger partial charge in [-0.05, 0) is 60.7 Å². The van der Waals surface area contributed by atoms with Gasteiger partial charge in [-0.1, -0.05) is 32.0 Å². The Hall–Kier alpha value is -3.41. The Morgan fingerprint density at radius 2 is 1.36 bits per heavy atom. The molecule has 0 aliphatic carbocycles. The summed E-state index contributed by atoms with van der Waals surface area (Å²) in [4.78, 5) is 12.8. The van der Waals surface area contributed by atoms with Crippen LogP contribution in [0, 0.1) is 0 Å². The van der Waals surface area contributed by atoms with Gasteiger partial charge in [-0.3, -0.25) is 9.10 Å². The minimum atomic E-state index is -3.77. The highest BCUT2D eigenvalue weighted by molar-refractivity contribution is 7.92. The van der Waals surface area contributed by atoms with Crippen molar-refractivity contribution >= 4 is 37.3 Å². The lowest BCUT2D eigenvalue weighted by atomic mass is 10.3. The minimum Gasteiger partial charge on any atom is -0.457 e. The fraction of sp³-hybridized carbons (Fsp3) is 0.240. The van der Waals surface area contributed by atoms with E-state index in [1.54, 1.807) is 50.2 Å². The van der Waals surface area contributed by atoms with Gasteiger partial charge in [0.2, 0.25) is 26.0 Å². The molecule has 3 aromatic rings. The van der Waals surface area contributed by atoms with Gasteiger partial charge in [-0.2, -0.15) is 4.31 Å². The Morgan fingerprint density at radius 3 is 1.89 bits per heavy atom. The van der Waals surface area contributed by atoms with E-state index in [1.807, 2.05) is 18.2 Å². The number of para-hydroxylation sites is 1. The van der Waals surface area contributed by atoms with E-state index in [0.29, 0.717) is 36.0 Å². The number of benzene rings is 3. The summed E-state index contributed by atoms with van der Waals surface area (Å²) in [6.45, 7) is 3.74. The summed E-state index contributed by atoms with van der Waals surface area (Å²) in [6, 6.07) is 21.2. The summed E-state index contributed by atoms with van der Waals surface area (Å²) in [5, 5.41) is 2.62. The molecule has 0 saturated heterocycles. The predicted octanol–water partition coefficient (Wildman–Crippen LogP) is 3.91. The second-order valence-corrected chi connectivity index (χ2v) is 11.7. The fourth-order valence-electron chi connectivity index (χ4n) is 3.46. The Balaban J connectivity index is 1.70. The molecule has 9 nitrogen and oxygen atoms in total. The smallest absolute Gasteiger partial charge is 0.245 e. The van der Waals surface area contributed by atoms with Crippen molar-refractivity contribution < 1.29 is 26.4 Å². The van der Waals surface area contributed by atoms with Crippen molar-refractivity contribution in [2.45, 2.75) is 18.7 Å². The summed E-state index contributed by atoms with van der Waals surface area (Å²) in [5.41, 5.74) is 0.646. The number of ether oxygens (including phenoxy) is 1. The van der Waals surface area contributed by atoms with Gasteiger partial charge in [0.25, 0.3) is 0 Å². The first-order valence-corrected chi connectivity index (χ1v) is 14.5. The monoisotopic (exact) mass is 531 g/mol. The Kier molecular flexibility index (Phi) is 8.72. The lowest BCUT2D eigenvalue weighted by Crippen LogP contribution is -2.37. The normalized spacial score (nSPS) is 11.8. The maximum atomic E-state index is 12.7. The zero-order valence-electron chi connectivity index (χ0n) is 20.3. The first-order chi connectivity index (χ1) is 17.0. The van der Waals surface area contributed by atoms with Crippen LogP contribution in [-0.2, 0) is 24.8 Å². The second-order valence-electron chi connectivity index (χ2n) is 7.84. The minimum absolute atomic E-state index is 0.111. The number of anilines is 2. The van der Waals surface area contributed by atoms with Gasteiger partial charge in [-0.25, -0.2) is 16.8 Å². The molecule has 0 heterocycles. The van der Waals surface area contributed by atoms with E-state index in [0.717, 1.165) is 10.6 Å². The van der Waals surface area contributed by atoms with E-state index < -0.39 is 32.5 Å². The van der Waals surface area contributed by atoms with Gasteiger partial charge in [0.1, 0.15) is 18.0 Å². The number of hydrogen-bond donors (Lipinski definition) is 1. The molecule has 0 fully saturated rings. The molecule has 0 atom stereocenters. The zero-order valence-corrected chi connectivity index (χ0v) is 21.9. The van der Waals surface area contributed by atoms with Crippen molar-refractivity contribution in [2.24, 2.45) is 0 Å². The highest BCUT2D eigenvalue weighted by Gasteiger charge is 2.23. The van der Waals surface area contributed by atoms with E-state index in [-0.39, 0.29) is 4.90 Å². The number of amides is 1. The van der Waals surface area contributed by atoms with E-state index in [9.17, 15) is 21.6 Å². The van der Waals surface area contributed by atoms with Crippen molar-refractivity contribution in [1.82, 2.24) is 4.31 Å². The van der Waals surface area contributed by atoms with Crippen LogP contribution in [0.4, 0.5) is 11.4 Å². The third-order valence-corrected chi connectivity index (χ3v) is 8.48. The number of nitrogens with zero attached hydrogens (tertiary/aromatic N) is 2. The van der Waals surface area contributed by atoms with Gasteiger partial charge >= 0.3 is 0 Å². The van der Waals surface area contributed by atoms with E-state index in [2.05, 4.69) is 5.32 Å². The molecule has 1 amide bonds. The average molecular weight is 532 g/mol. The second kappa shape index (κ2) is 11.5. The summed E-state index contributed by atoms with van der Waals surface area (Å²) >= 11 is 0. The van der Waals surface area contributed by atoms with Crippen LogP contribution in [-0.4, -0.2) is 52.9 Å². The van der Waals surface area contributed by atoms with Crippen molar-refractivity contribution in [1.29, 1.82) is 0 Å². The molecular formula is C25H29N3O6S2. The van der Waals surface area contributed by atoms with Crippen molar-refractivity contribution in [3.63, 3.8) is 0 Å².